The number of primary amides is 1. The molecule has 2 rings (SSSR count). The van der Waals surface area contributed by atoms with E-state index in [4.69, 9.17) is 28.9 Å². The minimum atomic E-state index is -0.487. The van der Waals surface area contributed by atoms with Crippen LogP contribution in [0.1, 0.15) is 12.8 Å². The van der Waals surface area contributed by atoms with E-state index in [0.29, 0.717) is 28.3 Å². The van der Waals surface area contributed by atoms with Crippen LogP contribution in [-0.2, 0) is 0 Å². The molecule has 2 N–H and O–H groups in total. The van der Waals surface area contributed by atoms with E-state index < -0.39 is 6.03 Å². The predicted octanol–water partition coefficient (Wildman–Crippen LogP) is 2.97. The third-order valence-electron chi connectivity index (χ3n) is 3.49. The summed E-state index contributed by atoms with van der Waals surface area (Å²) in [5.74, 6) is 0. The monoisotopic (exact) mass is 301 g/mol. The van der Waals surface area contributed by atoms with E-state index in [0.717, 1.165) is 19.4 Å². The third kappa shape index (κ3) is 3.53. The number of urea groups is 1. The summed E-state index contributed by atoms with van der Waals surface area (Å²) < 4.78 is 0. The maximum atomic E-state index is 11.7. The predicted molar refractivity (Wildman–Crippen MR) is 79.0 cm³/mol. The van der Waals surface area contributed by atoms with Crippen molar-refractivity contribution in [2.45, 2.75) is 18.9 Å². The Bertz CT molecular complexity index is 461. The van der Waals surface area contributed by atoms with Gasteiger partial charge in [0.1, 0.15) is 0 Å². The molecule has 0 spiro atoms. The van der Waals surface area contributed by atoms with Crippen molar-refractivity contribution >= 4 is 34.9 Å². The van der Waals surface area contributed by atoms with E-state index in [9.17, 15) is 4.79 Å². The molecule has 0 bridgehead atoms. The lowest BCUT2D eigenvalue weighted by Gasteiger charge is -2.28. The largest absolute Gasteiger partial charge is 0.351 e. The highest BCUT2D eigenvalue weighted by molar-refractivity contribution is 6.35. The summed E-state index contributed by atoms with van der Waals surface area (Å²) in [5.41, 5.74) is 6.12. The Morgan fingerprint density at radius 3 is 2.53 bits per heavy atom. The number of carbonyl (C=O) groups is 1. The Labute approximate surface area is 123 Å². The second-order valence-corrected chi connectivity index (χ2v) is 5.73. The van der Waals surface area contributed by atoms with Crippen LogP contribution in [0.2, 0.25) is 10.0 Å². The zero-order valence-electron chi connectivity index (χ0n) is 10.8. The molecule has 0 radical (unpaired) electrons. The lowest BCUT2D eigenvalue weighted by molar-refractivity contribution is 0.249. The normalized spacial score (nSPS) is 19.6. The third-order valence-corrected chi connectivity index (χ3v) is 3.93. The summed E-state index contributed by atoms with van der Waals surface area (Å²) in [4.78, 5) is 15.4. The van der Waals surface area contributed by atoms with Gasteiger partial charge in [-0.1, -0.05) is 23.2 Å². The molecule has 0 aliphatic carbocycles. The van der Waals surface area contributed by atoms with Gasteiger partial charge in [0.15, 0.2) is 0 Å². The van der Waals surface area contributed by atoms with Crippen LogP contribution in [0.25, 0.3) is 0 Å². The fourth-order valence-electron chi connectivity index (χ4n) is 2.44. The van der Waals surface area contributed by atoms with Crippen LogP contribution < -0.4 is 10.6 Å². The van der Waals surface area contributed by atoms with E-state index in [-0.39, 0.29) is 0 Å². The number of benzene rings is 1. The molecule has 0 unspecified atom stereocenters. The highest BCUT2D eigenvalue weighted by atomic mass is 35.5. The molecule has 1 heterocycles. The zero-order valence-corrected chi connectivity index (χ0v) is 12.3. The highest BCUT2D eigenvalue weighted by Gasteiger charge is 2.25. The zero-order chi connectivity index (χ0) is 14.0. The van der Waals surface area contributed by atoms with Gasteiger partial charge >= 0.3 is 6.03 Å². The van der Waals surface area contributed by atoms with Crippen LogP contribution in [0.3, 0.4) is 0 Å². The first-order chi connectivity index (χ1) is 8.97. The molecule has 0 saturated carbocycles. The van der Waals surface area contributed by atoms with Gasteiger partial charge in [-0.3, -0.25) is 4.90 Å². The number of amides is 2. The average Bonchev–Trinajstić information content (AvgIpc) is 2.69. The van der Waals surface area contributed by atoms with Crippen LogP contribution >= 0.6 is 23.2 Å². The molecule has 104 valence electrons. The lowest BCUT2D eigenvalue weighted by atomic mass is 10.2. The van der Waals surface area contributed by atoms with Gasteiger partial charge in [0.05, 0.1) is 0 Å². The number of hydrogen-bond donors (Lipinski definition) is 1. The SMILES string of the molecule is CN1CCC[C@@H]1CN(C(N)=O)c1cc(Cl)cc(Cl)c1. The molecular formula is C13H17Cl2N3O. The number of nitrogens with two attached hydrogens (primary N) is 1. The molecule has 1 aliphatic rings. The number of likely N-dealkylation sites (tertiary alicyclic amines) is 1. The van der Waals surface area contributed by atoms with Crippen molar-refractivity contribution in [2.24, 2.45) is 5.73 Å². The van der Waals surface area contributed by atoms with Crippen molar-refractivity contribution in [1.29, 1.82) is 0 Å². The Hall–Kier alpha value is -0.970. The number of nitrogens with zero attached hydrogens (tertiary/aromatic N) is 2. The van der Waals surface area contributed by atoms with Crippen LogP contribution in [0.5, 0.6) is 0 Å². The average molecular weight is 302 g/mol. The van der Waals surface area contributed by atoms with Crippen molar-refractivity contribution < 1.29 is 4.79 Å². The first-order valence-corrected chi connectivity index (χ1v) is 6.96. The maximum Gasteiger partial charge on any atom is 0.319 e. The molecule has 1 aromatic rings. The number of halogens is 2. The van der Waals surface area contributed by atoms with E-state index in [2.05, 4.69) is 11.9 Å². The number of hydrogen-bond acceptors (Lipinski definition) is 2. The molecule has 6 heteroatoms. The molecule has 1 aromatic carbocycles. The maximum absolute atomic E-state index is 11.7. The molecule has 2 amide bonds. The number of likely N-dealkylation sites (N-methyl/N-ethyl adjacent to an activating group) is 1. The standard InChI is InChI=1S/C13H17Cl2N3O/c1-17-4-2-3-11(17)8-18(13(16)19)12-6-9(14)5-10(15)7-12/h5-7,11H,2-4,8H2,1H3,(H2,16,19)/t11-/m1/s1. The molecule has 1 fully saturated rings. The Morgan fingerprint density at radius 2 is 2.05 bits per heavy atom. The fourth-order valence-corrected chi connectivity index (χ4v) is 2.95. The van der Waals surface area contributed by atoms with Crippen LogP contribution in [-0.4, -0.2) is 37.1 Å². The number of anilines is 1. The Kier molecular flexibility index (Phi) is 4.55. The molecule has 0 aromatic heterocycles. The lowest BCUT2D eigenvalue weighted by Crippen LogP contribution is -2.44. The summed E-state index contributed by atoms with van der Waals surface area (Å²) in [5, 5.41) is 0.988. The van der Waals surface area contributed by atoms with Gasteiger partial charge < -0.3 is 10.6 Å². The summed E-state index contributed by atoms with van der Waals surface area (Å²) in [6.45, 7) is 1.61. The van der Waals surface area contributed by atoms with Crippen LogP contribution in [0.15, 0.2) is 18.2 Å². The van der Waals surface area contributed by atoms with Crippen molar-refractivity contribution in [3.8, 4) is 0 Å². The van der Waals surface area contributed by atoms with Crippen molar-refractivity contribution in [3.63, 3.8) is 0 Å². The molecule has 1 saturated heterocycles. The van der Waals surface area contributed by atoms with Crippen LogP contribution in [0, 0.1) is 0 Å². The Morgan fingerprint density at radius 1 is 1.42 bits per heavy atom. The second kappa shape index (κ2) is 5.99. The summed E-state index contributed by atoms with van der Waals surface area (Å²) in [6, 6.07) is 4.87. The van der Waals surface area contributed by atoms with Gasteiger partial charge in [-0.15, -0.1) is 0 Å². The summed E-state index contributed by atoms with van der Waals surface area (Å²) in [6.07, 6.45) is 2.21. The quantitative estimate of drug-likeness (QED) is 0.933. The Balaban J connectivity index is 2.22. The van der Waals surface area contributed by atoms with Gasteiger partial charge in [0, 0.05) is 28.3 Å². The van der Waals surface area contributed by atoms with Crippen molar-refractivity contribution in [3.05, 3.63) is 28.2 Å². The van der Waals surface area contributed by atoms with Gasteiger partial charge in [0.25, 0.3) is 0 Å². The van der Waals surface area contributed by atoms with Gasteiger partial charge in [-0.25, -0.2) is 4.79 Å². The van der Waals surface area contributed by atoms with E-state index in [1.165, 1.54) is 4.90 Å². The minimum Gasteiger partial charge on any atom is -0.351 e. The van der Waals surface area contributed by atoms with Crippen molar-refractivity contribution in [2.75, 3.05) is 25.0 Å². The fraction of sp³-hybridized carbons (Fsp3) is 0.462. The first-order valence-electron chi connectivity index (χ1n) is 6.20. The summed E-state index contributed by atoms with van der Waals surface area (Å²) >= 11 is 11.9. The topological polar surface area (TPSA) is 49.6 Å². The smallest absolute Gasteiger partial charge is 0.319 e. The van der Waals surface area contributed by atoms with E-state index >= 15 is 0 Å². The second-order valence-electron chi connectivity index (χ2n) is 4.85. The molecule has 1 atom stereocenters. The number of carbonyl (C=O) groups excluding carboxylic acids is 1. The molecule has 1 aliphatic heterocycles. The van der Waals surface area contributed by atoms with E-state index in [1.54, 1.807) is 18.2 Å². The highest BCUT2D eigenvalue weighted by Crippen LogP contribution is 2.27. The van der Waals surface area contributed by atoms with Gasteiger partial charge in [0.2, 0.25) is 0 Å². The van der Waals surface area contributed by atoms with Gasteiger partial charge in [-0.2, -0.15) is 0 Å². The number of rotatable bonds is 3. The minimum absolute atomic E-state index is 0.324. The summed E-state index contributed by atoms with van der Waals surface area (Å²) in [7, 11) is 2.06. The van der Waals surface area contributed by atoms with Crippen molar-refractivity contribution in [1.82, 2.24) is 4.90 Å². The molecule has 4 nitrogen and oxygen atoms in total. The van der Waals surface area contributed by atoms with Gasteiger partial charge in [-0.05, 0) is 44.6 Å². The van der Waals surface area contributed by atoms with Crippen LogP contribution in [0.4, 0.5) is 10.5 Å². The molecular weight excluding hydrogens is 285 g/mol. The first kappa shape index (κ1) is 14.4. The van der Waals surface area contributed by atoms with E-state index in [1.807, 2.05) is 0 Å². The molecule has 19 heavy (non-hydrogen) atoms.